The van der Waals surface area contributed by atoms with Gasteiger partial charge in [0.05, 0.1) is 23.9 Å². The molecular formula is C22H23F3N6O. The van der Waals surface area contributed by atoms with E-state index in [4.69, 9.17) is 10.7 Å². The van der Waals surface area contributed by atoms with Crippen LogP contribution in [0, 0.1) is 0 Å². The highest BCUT2D eigenvalue weighted by Gasteiger charge is 2.37. The first-order valence-electron chi connectivity index (χ1n) is 10.7. The maximum absolute atomic E-state index is 12.6. The standard InChI is InChI=1S/C22H23F3N6O/c1-11(32)18-19(13-6-14-4-5-15(7-13)29-14)30-21-17(10-28-31(21)20(18)26)12-2-3-16(27-9-12)8-22(23,24)25/h2-3,9-10,13-15,29H,4-8,26H2,1H3. The predicted octanol–water partition coefficient (Wildman–Crippen LogP) is 3.68. The van der Waals surface area contributed by atoms with E-state index >= 15 is 0 Å². The smallest absolute Gasteiger partial charge is 0.383 e. The monoisotopic (exact) mass is 444 g/mol. The second-order valence-electron chi connectivity index (χ2n) is 8.74. The Kier molecular flexibility index (Phi) is 4.92. The van der Waals surface area contributed by atoms with Crippen LogP contribution in [0.3, 0.4) is 0 Å². The van der Waals surface area contributed by atoms with Crippen molar-refractivity contribution in [3.63, 3.8) is 0 Å². The van der Waals surface area contributed by atoms with Gasteiger partial charge < -0.3 is 11.1 Å². The Hall–Kier alpha value is -3.01. The SMILES string of the molecule is CC(=O)c1c(C2CC3CCC(C2)N3)nc2c(-c3ccc(CC(F)(F)F)nc3)cnn2c1N. The van der Waals surface area contributed by atoms with E-state index in [2.05, 4.69) is 15.4 Å². The Balaban J connectivity index is 1.59. The fourth-order valence-electron chi connectivity index (χ4n) is 5.07. The third-order valence-corrected chi connectivity index (χ3v) is 6.44. The van der Waals surface area contributed by atoms with Gasteiger partial charge in [-0.3, -0.25) is 9.78 Å². The van der Waals surface area contributed by atoms with E-state index in [0.29, 0.717) is 40.1 Å². The summed E-state index contributed by atoms with van der Waals surface area (Å²) in [5, 5.41) is 7.90. The molecule has 2 saturated heterocycles. The zero-order valence-corrected chi connectivity index (χ0v) is 17.5. The van der Waals surface area contributed by atoms with Crippen molar-refractivity contribution in [3.05, 3.63) is 41.5 Å². The number of nitrogen functional groups attached to an aromatic ring is 1. The van der Waals surface area contributed by atoms with Crippen LogP contribution in [-0.2, 0) is 6.42 Å². The molecule has 5 heterocycles. The van der Waals surface area contributed by atoms with Gasteiger partial charge >= 0.3 is 6.18 Å². The minimum Gasteiger partial charge on any atom is -0.383 e. The minimum absolute atomic E-state index is 0.0602. The Labute approximate surface area is 182 Å². The molecule has 0 amide bonds. The predicted molar refractivity (Wildman–Crippen MR) is 112 cm³/mol. The Bertz CT molecular complexity index is 1180. The van der Waals surface area contributed by atoms with Crippen LogP contribution in [0.15, 0.2) is 24.5 Å². The van der Waals surface area contributed by atoms with E-state index in [1.54, 1.807) is 12.3 Å². The molecule has 0 aromatic carbocycles. The van der Waals surface area contributed by atoms with Gasteiger partial charge in [0.2, 0.25) is 0 Å². The quantitative estimate of drug-likeness (QED) is 0.596. The highest BCUT2D eigenvalue weighted by molar-refractivity contribution is 6.00. The van der Waals surface area contributed by atoms with Crippen molar-refractivity contribution in [3.8, 4) is 11.1 Å². The van der Waals surface area contributed by atoms with Crippen LogP contribution >= 0.6 is 0 Å². The summed E-state index contributed by atoms with van der Waals surface area (Å²) in [6.07, 6.45) is 1.54. The molecule has 2 unspecified atom stereocenters. The number of anilines is 1. The van der Waals surface area contributed by atoms with Crippen LogP contribution in [-0.4, -0.2) is 43.6 Å². The average molecular weight is 444 g/mol. The molecule has 2 bridgehead atoms. The van der Waals surface area contributed by atoms with Gasteiger partial charge in [0.15, 0.2) is 11.4 Å². The Morgan fingerprint density at radius 1 is 1.22 bits per heavy atom. The number of pyridine rings is 1. The van der Waals surface area contributed by atoms with Crippen LogP contribution < -0.4 is 11.1 Å². The number of fused-ring (bicyclic) bond motifs is 3. The summed E-state index contributed by atoms with van der Waals surface area (Å²) in [5.74, 6) is 0.180. The molecule has 168 valence electrons. The number of alkyl halides is 3. The molecule has 0 radical (unpaired) electrons. The number of carbonyl (C=O) groups excluding carboxylic acids is 1. The van der Waals surface area contributed by atoms with Gasteiger partial charge in [0.25, 0.3) is 0 Å². The normalized spacial score (nSPS) is 23.1. The van der Waals surface area contributed by atoms with Gasteiger partial charge in [-0.2, -0.15) is 22.8 Å². The molecule has 7 nitrogen and oxygen atoms in total. The van der Waals surface area contributed by atoms with Crippen LogP contribution in [0.4, 0.5) is 19.0 Å². The maximum atomic E-state index is 12.6. The number of hydrogen-bond acceptors (Lipinski definition) is 6. The van der Waals surface area contributed by atoms with E-state index < -0.39 is 12.6 Å². The topological polar surface area (TPSA) is 98.2 Å². The first-order chi connectivity index (χ1) is 15.2. The summed E-state index contributed by atoms with van der Waals surface area (Å²) in [6, 6.07) is 3.75. The molecule has 3 aromatic rings. The number of rotatable bonds is 4. The minimum atomic E-state index is -4.32. The van der Waals surface area contributed by atoms with Crippen LogP contribution in [0.25, 0.3) is 16.8 Å². The molecule has 5 rings (SSSR count). The summed E-state index contributed by atoms with van der Waals surface area (Å²) >= 11 is 0. The number of nitrogens with zero attached hydrogens (tertiary/aromatic N) is 4. The molecule has 32 heavy (non-hydrogen) atoms. The van der Waals surface area contributed by atoms with Gasteiger partial charge in [-0.25, -0.2) is 4.98 Å². The summed E-state index contributed by atoms with van der Waals surface area (Å²) in [4.78, 5) is 21.3. The lowest BCUT2D eigenvalue weighted by atomic mass is 9.86. The molecular weight excluding hydrogens is 421 g/mol. The molecule has 2 aliphatic rings. The zero-order valence-electron chi connectivity index (χ0n) is 17.5. The summed E-state index contributed by atoms with van der Waals surface area (Å²) in [7, 11) is 0. The van der Waals surface area contributed by atoms with Crippen molar-refractivity contribution in [2.45, 2.75) is 63.2 Å². The number of halogens is 3. The molecule has 3 aromatic heterocycles. The molecule has 0 saturated carbocycles. The number of piperidine rings is 1. The molecule has 0 aliphatic carbocycles. The number of hydrogen-bond donors (Lipinski definition) is 2. The maximum Gasteiger partial charge on any atom is 0.394 e. The first-order valence-corrected chi connectivity index (χ1v) is 10.7. The second-order valence-corrected chi connectivity index (χ2v) is 8.74. The summed E-state index contributed by atoms with van der Waals surface area (Å²) in [6.45, 7) is 1.48. The van der Waals surface area contributed by atoms with Gasteiger partial charge in [-0.05, 0) is 38.7 Å². The molecule has 2 fully saturated rings. The van der Waals surface area contributed by atoms with Gasteiger partial charge in [0.1, 0.15) is 5.82 Å². The molecule has 0 spiro atoms. The largest absolute Gasteiger partial charge is 0.394 e. The number of nitrogens with two attached hydrogens (primary N) is 1. The number of Topliss-reactive ketones (excluding diaryl/α,β-unsaturated/α-hetero) is 1. The van der Waals surface area contributed by atoms with Gasteiger partial charge in [0, 0.05) is 41.0 Å². The van der Waals surface area contributed by atoms with Crippen LogP contribution in [0.1, 0.15) is 60.3 Å². The fourth-order valence-corrected chi connectivity index (χ4v) is 5.07. The first kappa shape index (κ1) is 20.9. The van der Waals surface area contributed by atoms with E-state index in [1.165, 1.54) is 23.7 Å². The van der Waals surface area contributed by atoms with Crippen molar-refractivity contribution in [2.24, 2.45) is 0 Å². The highest BCUT2D eigenvalue weighted by atomic mass is 19.4. The van der Waals surface area contributed by atoms with Crippen molar-refractivity contribution < 1.29 is 18.0 Å². The Morgan fingerprint density at radius 2 is 1.94 bits per heavy atom. The average Bonchev–Trinajstić information content (AvgIpc) is 3.30. The molecule has 3 N–H and O–H groups in total. The van der Waals surface area contributed by atoms with E-state index in [9.17, 15) is 18.0 Å². The fraction of sp³-hybridized carbons (Fsp3) is 0.455. The van der Waals surface area contributed by atoms with Gasteiger partial charge in [-0.1, -0.05) is 6.07 Å². The van der Waals surface area contributed by atoms with E-state index in [1.807, 2.05) is 0 Å². The third kappa shape index (κ3) is 3.72. The summed E-state index contributed by atoms with van der Waals surface area (Å²) in [5.41, 5.74) is 9.07. The van der Waals surface area contributed by atoms with Crippen molar-refractivity contribution in [1.29, 1.82) is 0 Å². The van der Waals surface area contributed by atoms with Crippen molar-refractivity contribution in [1.82, 2.24) is 24.9 Å². The molecule has 2 aliphatic heterocycles. The van der Waals surface area contributed by atoms with E-state index in [-0.39, 0.29) is 23.2 Å². The van der Waals surface area contributed by atoms with E-state index in [0.717, 1.165) is 25.7 Å². The van der Waals surface area contributed by atoms with Crippen molar-refractivity contribution >= 4 is 17.2 Å². The summed E-state index contributed by atoms with van der Waals surface area (Å²) < 4.78 is 39.4. The lowest BCUT2D eigenvalue weighted by Gasteiger charge is -2.30. The number of ketones is 1. The Morgan fingerprint density at radius 3 is 2.53 bits per heavy atom. The molecule has 2 atom stereocenters. The lowest BCUT2D eigenvalue weighted by molar-refractivity contribution is -0.127. The number of carbonyl (C=O) groups is 1. The zero-order chi connectivity index (χ0) is 22.6. The second kappa shape index (κ2) is 7.54. The highest BCUT2D eigenvalue weighted by Crippen LogP contribution is 2.40. The third-order valence-electron chi connectivity index (χ3n) is 6.44. The van der Waals surface area contributed by atoms with Gasteiger partial charge in [-0.15, -0.1) is 0 Å². The number of aromatic nitrogens is 4. The lowest BCUT2D eigenvalue weighted by Crippen LogP contribution is -2.38. The number of nitrogens with one attached hydrogen (secondary N) is 1. The van der Waals surface area contributed by atoms with Crippen LogP contribution in [0.5, 0.6) is 0 Å². The molecule has 10 heteroatoms. The van der Waals surface area contributed by atoms with Crippen LogP contribution in [0.2, 0.25) is 0 Å². The van der Waals surface area contributed by atoms with Crippen molar-refractivity contribution in [2.75, 3.05) is 5.73 Å².